The molecule has 1 aliphatic rings. The fraction of sp³-hybridized carbons (Fsp3) is 1.00. The van der Waals surface area contributed by atoms with E-state index < -0.39 is 0 Å². The maximum atomic E-state index is 4.34. The summed E-state index contributed by atoms with van der Waals surface area (Å²) in [6, 6.07) is 0.759. The fourth-order valence-corrected chi connectivity index (χ4v) is 1.61. The number of hydrogen-bond acceptors (Lipinski definition) is 1. The van der Waals surface area contributed by atoms with Gasteiger partial charge in [-0.25, -0.2) is 5.32 Å². The highest BCUT2D eigenvalue weighted by atomic mass is 15.2. The van der Waals surface area contributed by atoms with Crippen molar-refractivity contribution in [2.24, 2.45) is 0 Å². The van der Waals surface area contributed by atoms with Crippen molar-refractivity contribution in [2.75, 3.05) is 26.2 Å². The second-order valence-corrected chi connectivity index (χ2v) is 2.79. The van der Waals surface area contributed by atoms with E-state index >= 15 is 0 Å². The maximum absolute atomic E-state index is 4.34. The summed E-state index contributed by atoms with van der Waals surface area (Å²) in [5.41, 5.74) is 0. The van der Waals surface area contributed by atoms with Gasteiger partial charge in [-0.05, 0) is 19.5 Å². The predicted octanol–water partition coefficient (Wildman–Crippen LogP) is 0.705. The van der Waals surface area contributed by atoms with Crippen LogP contribution in [0.5, 0.6) is 0 Å². The molecule has 1 radical (unpaired) electrons. The molecular formula is C8H17N2. The lowest BCUT2D eigenvalue weighted by Gasteiger charge is -2.24. The Balaban J connectivity index is 2.29. The molecule has 1 rings (SSSR count). The Morgan fingerprint density at radius 1 is 1.40 bits per heavy atom. The van der Waals surface area contributed by atoms with Gasteiger partial charge in [0.2, 0.25) is 0 Å². The van der Waals surface area contributed by atoms with Crippen molar-refractivity contribution in [3.05, 3.63) is 0 Å². The largest absolute Gasteiger partial charge is 0.300 e. The van der Waals surface area contributed by atoms with Gasteiger partial charge in [0, 0.05) is 19.1 Å². The van der Waals surface area contributed by atoms with E-state index in [0.29, 0.717) is 0 Å². The van der Waals surface area contributed by atoms with Gasteiger partial charge in [0.05, 0.1) is 0 Å². The molecule has 0 aliphatic carbocycles. The van der Waals surface area contributed by atoms with Crippen LogP contribution in [-0.2, 0) is 0 Å². The fourth-order valence-electron chi connectivity index (χ4n) is 1.61. The van der Waals surface area contributed by atoms with E-state index in [1.807, 2.05) is 0 Å². The third-order valence-electron chi connectivity index (χ3n) is 2.29. The van der Waals surface area contributed by atoms with E-state index in [4.69, 9.17) is 0 Å². The van der Waals surface area contributed by atoms with E-state index in [0.717, 1.165) is 19.1 Å². The molecule has 2 nitrogen and oxygen atoms in total. The Morgan fingerprint density at radius 3 is 2.50 bits per heavy atom. The molecule has 1 aliphatic heterocycles. The molecular weight excluding hydrogens is 124 g/mol. The molecule has 0 spiro atoms. The minimum atomic E-state index is 0.759. The standard InChI is InChI=1S/C8H17N2/c1-3-10(4-2)8-5-6-9-7-8/h8H,3-7H2,1-2H3. The molecule has 0 saturated carbocycles. The van der Waals surface area contributed by atoms with E-state index in [-0.39, 0.29) is 0 Å². The number of likely N-dealkylation sites (N-methyl/N-ethyl adjacent to an activating group) is 1. The lowest BCUT2D eigenvalue weighted by Crippen LogP contribution is -2.35. The topological polar surface area (TPSA) is 17.3 Å². The number of nitrogens with zero attached hydrogens (tertiary/aromatic N) is 2. The van der Waals surface area contributed by atoms with Crippen LogP contribution in [0.1, 0.15) is 20.3 Å². The van der Waals surface area contributed by atoms with Crippen LogP contribution in [0.3, 0.4) is 0 Å². The van der Waals surface area contributed by atoms with Crippen LogP contribution in [0, 0.1) is 0 Å². The van der Waals surface area contributed by atoms with Gasteiger partial charge < -0.3 is 0 Å². The molecule has 0 aromatic carbocycles. The third kappa shape index (κ3) is 1.70. The van der Waals surface area contributed by atoms with Crippen molar-refractivity contribution >= 4 is 0 Å². The van der Waals surface area contributed by atoms with Crippen molar-refractivity contribution in [3.63, 3.8) is 0 Å². The summed E-state index contributed by atoms with van der Waals surface area (Å²) < 4.78 is 0. The molecule has 2 heteroatoms. The lowest BCUT2D eigenvalue weighted by molar-refractivity contribution is 0.231. The molecule has 0 bridgehead atoms. The summed E-state index contributed by atoms with van der Waals surface area (Å²) >= 11 is 0. The third-order valence-corrected chi connectivity index (χ3v) is 2.29. The Hall–Kier alpha value is -0.0800. The van der Waals surface area contributed by atoms with Crippen molar-refractivity contribution in [1.82, 2.24) is 10.2 Å². The van der Waals surface area contributed by atoms with Crippen LogP contribution < -0.4 is 5.32 Å². The maximum Gasteiger partial charge on any atom is 0.0290 e. The summed E-state index contributed by atoms with van der Waals surface area (Å²) in [7, 11) is 0. The van der Waals surface area contributed by atoms with Crippen LogP contribution in [0.4, 0.5) is 0 Å². The first-order chi connectivity index (χ1) is 4.88. The van der Waals surface area contributed by atoms with Gasteiger partial charge in [-0.15, -0.1) is 0 Å². The summed E-state index contributed by atoms with van der Waals surface area (Å²) in [6.07, 6.45) is 1.28. The van der Waals surface area contributed by atoms with E-state index in [1.165, 1.54) is 19.5 Å². The average Bonchev–Trinajstić information content (AvgIpc) is 2.43. The molecule has 1 saturated heterocycles. The summed E-state index contributed by atoms with van der Waals surface area (Å²) in [5, 5.41) is 4.34. The minimum Gasteiger partial charge on any atom is -0.300 e. The first-order valence-corrected chi connectivity index (χ1v) is 4.25. The van der Waals surface area contributed by atoms with Gasteiger partial charge in [0.15, 0.2) is 0 Å². The molecule has 1 heterocycles. The highest BCUT2D eigenvalue weighted by Gasteiger charge is 2.19. The predicted molar refractivity (Wildman–Crippen MR) is 43.2 cm³/mol. The van der Waals surface area contributed by atoms with Gasteiger partial charge in [0.25, 0.3) is 0 Å². The Kier molecular flexibility index (Phi) is 3.16. The smallest absolute Gasteiger partial charge is 0.0290 e. The van der Waals surface area contributed by atoms with Crippen molar-refractivity contribution < 1.29 is 0 Å². The van der Waals surface area contributed by atoms with Gasteiger partial charge in [-0.3, -0.25) is 4.90 Å². The van der Waals surface area contributed by atoms with E-state index in [9.17, 15) is 0 Å². The zero-order valence-electron chi connectivity index (χ0n) is 7.01. The molecule has 1 unspecified atom stereocenters. The molecule has 10 heavy (non-hydrogen) atoms. The van der Waals surface area contributed by atoms with Crippen LogP contribution in [-0.4, -0.2) is 37.1 Å². The molecule has 0 N–H and O–H groups in total. The quantitative estimate of drug-likeness (QED) is 0.565. The normalized spacial score (nSPS) is 26.1. The molecule has 0 amide bonds. The van der Waals surface area contributed by atoms with Crippen LogP contribution in [0.2, 0.25) is 0 Å². The van der Waals surface area contributed by atoms with Crippen molar-refractivity contribution in [3.8, 4) is 0 Å². The Labute approximate surface area is 63.6 Å². The van der Waals surface area contributed by atoms with Gasteiger partial charge in [0.1, 0.15) is 0 Å². The van der Waals surface area contributed by atoms with Crippen molar-refractivity contribution in [1.29, 1.82) is 0 Å². The zero-order valence-corrected chi connectivity index (χ0v) is 7.01. The first-order valence-electron chi connectivity index (χ1n) is 4.25. The van der Waals surface area contributed by atoms with Gasteiger partial charge in [-0.2, -0.15) is 0 Å². The summed E-state index contributed by atoms with van der Waals surface area (Å²) in [4.78, 5) is 2.50. The Morgan fingerprint density at radius 2 is 2.10 bits per heavy atom. The number of hydrogen-bond donors (Lipinski definition) is 0. The highest BCUT2D eigenvalue weighted by molar-refractivity contribution is 4.78. The summed E-state index contributed by atoms with van der Waals surface area (Å²) in [6.45, 7) is 8.96. The van der Waals surface area contributed by atoms with Gasteiger partial charge >= 0.3 is 0 Å². The Bertz CT molecular complexity index is 83.3. The zero-order chi connectivity index (χ0) is 7.40. The number of rotatable bonds is 3. The average molecular weight is 141 g/mol. The first kappa shape index (κ1) is 8.02. The monoisotopic (exact) mass is 141 g/mol. The second kappa shape index (κ2) is 3.94. The molecule has 1 atom stereocenters. The van der Waals surface area contributed by atoms with E-state index in [2.05, 4.69) is 24.1 Å². The molecule has 0 aromatic rings. The van der Waals surface area contributed by atoms with Crippen LogP contribution in [0.15, 0.2) is 0 Å². The van der Waals surface area contributed by atoms with Crippen molar-refractivity contribution in [2.45, 2.75) is 26.3 Å². The van der Waals surface area contributed by atoms with Gasteiger partial charge in [-0.1, -0.05) is 13.8 Å². The highest BCUT2D eigenvalue weighted by Crippen LogP contribution is 2.07. The van der Waals surface area contributed by atoms with E-state index in [1.54, 1.807) is 0 Å². The molecule has 0 aromatic heterocycles. The lowest BCUT2D eigenvalue weighted by atomic mass is 10.2. The second-order valence-electron chi connectivity index (χ2n) is 2.79. The summed E-state index contributed by atoms with van der Waals surface area (Å²) in [5.74, 6) is 0. The minimum absolute atomic E-state index is 0.759. The molecule has 59 valence electrons. The molecule has 1 fully saturated rings. The van der Waals surface area contributed by atoms with Crippen LogP contribution in [0.25, 0.3) is 0 Å². The van der Waals surface area contributed by atoms with Crippen LogP contribution >= 0.6 is 0 Å². The SMILES string of the molecule is CCN(CC)C1CC[N]C1.